The molecular formula is C16H21N3O3. The van der Waals surface area contributed by atoms with E-state index in [-0.39, 0.29) is 19.0 Å². The zero-order valence-corrected chi connectivity index (χ0v) is 12.8. The number of aliphatic hydroxyl groups is 1. The van der Waals surface area contributed by atoms with Crippen molar-refractivity contribution in [2.24, 2.45) is 0 Å². The molecule has 1 aromatic carbocycles. The van der Waals surface area contributed by atoms with Crippen molar-refractivity contribution in [1.82, 2.24) is 9.78 Å². The molecule has 0 bridgehead atoms. The van der Waals surface area contributed by atoms with Crippen LogP contribution in [0.2, 0.25) is 0 Å². The lowest BCUT2D eigenvalue weighted by Gasteiger charge is -2.12. The molecule has 0 radical (unpaired) electrons. The maximum atomic E-state index is 12.0. The Kier molecular flexibility index (Phi) is 5.16. The molecule has 0 unspecified atom stereocenters. The molecule has 6 heteroatoms. The van der Waals surface area contributed by atoms with E-state index in [0.717, 1.165) is 5.56 Å². The van der Waals surface area contributed by atoms with E-state index in [1.165, 1.54) is 4.68 Å². The fourth-order valence-electron chi connectivity index (χ4n) is 2.28. The van der Waals surface area contributed by atoms with E-state index >= 15 is 0 Å². The number of aryl methyl sites for hydroxylation is 1. The van der Waals surface area contributed by atoms with E-state index in [2.05, 4.69) is 5.10 Å². The van der Waals surface area contributed by atoms with Crippen LogP contribution in [0.1, 0.15) is 41.6 Å². The molecule has 3 N–H and O–H groups in total. The summed E-state index contributed by atoms with van der Waals surface area (Å²) in [4.78, 5) is 12.0. The van der Waals surface area contributed by atoms with Gasteiger partial charge in [-0.2, -0.15) is 5.10 Å². The second-order valence-corrected chi connectivity index (χ2v) is 4.89. The number of anilines is 1. The number of nitrogens with two attached hydrogens (primary N) is 1. The third-order valence-corrected chi connectivity index (χ3v) is 3.41. The Bertz CT molecular complexity index is 638. The predicted octanol–water partition coefficient (Wildman–Crippen LogP) is 1.94. The lowest BCUT2D eigenvalue weighted by molar-refractivity contribution is 0.0526. The summed E-state index contributed by atoms with van der Waals surface area (Å²) < 4.78 is 6.48. The van der Waals surface area contributed by atoms with Crippen molar-refractivity contribution >= 4 is 11.8 Å². The number of carbonyl (C=O) groups is 1. The van der Waals surface area contributed by atoms with E-state index in [4.69, 9.17) is 10.5 Å². The highest BCUT2D eigenvalue weighted by Gasteiger charge is 2.23. The molecule has 0 aliphatic rings. The summed E-state index contributed by atoms with van der Waals surface area (Å²) in [7, 11) is 0. The number of carbonyl (C=O) groups excluding carboxylic acids is 1. The van der Waals surface area contributed by atoms with Crippen LogP contribution >= 0.6 is 0 Å². The van der Waals surface area contributed by atoms with E-state index in [9.17, 15) is 9.90 Å². The molecule has 0 spiro atoms. The lowest BCUT2D eigenvalue weighted by Crippen LogP contribution is -2.14. The average Bonchev–Trinajstić information content (AvgIpc) is 2.84. The topological polar surface area (TPSA) is 90.4 Å². The van der Waals surface area contributed by atoms with Gasteiger partial charge in [0.25, 0.3) is 0 Å². The van der Waals surface area contributed by atoms with Gasteiger partial charge in [-0.3, -0.25) is 0 Å². The number of rotatable bonds is 6. The number of ether oxygens (including phenoxy) is 1. The Morgan fingerprint density at radius 1 is 1.36 bits per heavy atom. The SMILES string of the molecule is CCOC(=O)c1c(CC)nn(C[C@H](O)c2ccccc2)c1N. The first-order valence-electron chi connectivity index (χ1n) is 7.33. The minimum absolute atomic E-state index is 0.183. The number of hydrogen-bond donors (Lipinski definition) is 2. The van der Waals surface area contributed by atoms with E-state index < -0.39 is 12.1 Å². The molecule has 22 heavy (non-hydrogen) atoms. The molecule has 0 aliphatic carbocycles. The average molecular weight is 303 g/mol. The number of nitrogen functional groups attached to an aromatic ring is 1. The molecule has 0 amide bonds. The predicted molar refractivity (Wildman–Crippen MR) is 83.4 cm³/mol. The molecule has 118 valence electrons. The van der Waals surface area contributed by atoms with Gasteiger partial charge >= 0.3 is 5.97 Å². The maximum Gasteiger partial charge on any atom is 0.343 e. The van der Waals surface area contributed by atoms with Gasteiger partial charge in [0.2, 0.25) is 0 Å². The largest absolute Gasteiger partial charge is 0.462 e. The molecule has 2 rings (SSSR count). The quantitative estimate of drug-likeness (QED) is 0.796. The van der Waals surface area contributed by atoms with Crippen molar-refractivity contribution in [3.05, 3.63) is 47.2 Å². The Labute approximate surface area is 129 Å². The standard InChI is InChI=1S/C16H21N3O3/c1-3-12-14(16(21)22-4-2)15(17)19(18-12)10-13(20)11-8-6-5-7-9-11/h5-9,13,20H,3-4,10,17H2,1-2H3/t13-/m0/s1. The van der Waals surface area contributed by atoms with Crippen LogP contribution in [-0.4, -0.2) is 27.5 Å². The van der Waals surface area contributed by atoms with Gasteiger partial charge in [-0.05, 0) is 18.9 Å². The smallest absolute Gasteiger partial charge is 0.343 e. The summed E-state index contributed by atoms with van der Waals surface area (Å²) in [6.07, 6.45) is -0.185. The molecule has 2 aromatic rings. The third-order valence-electron chi connectivity index (χ3n) is 3.41. The van der Waals surface area contributed by atoms with Crippen LogP contribution in [0.5, 0.6) is 0 Å². The molecule has 1 atom stereocenters. The van der Waals surface area contributed by atoms with E-state index in [0.29, 0.717) is 17.7 Å². The van der Waals surface area contributed by atoms with Gasteiger partial charge in [-0.25, -0.2) is 9.48 Å². The minimum atomic E-state index is -0.747. The first kappa shape index (κ1) is 16.0. The molecule has 0 fully saturated rings. The monoisotopic (exact) mass is 303 g/mol. The maximum absolute atomic E-state index is 12.0. The van der Waals surface area contributed by atoms with Crippen LogP contribution in [0.15, 0.2) is 30.3 Å². The second kappa shape index (κ2) is 7.09. The zero-order chi connectivity index (χ0) is 16.1. The summed E-state index contributed by atoms with van der Waals surface area (Å²) in [6.45, 7) is 4.09. The fourth-order valence-corrected chi connectivity index (χ4v) is 2.28. The first-order chi connectivity index (χ1) is 10.6. The third kappa shape index (κ3) is 3.28. The zero-order valence-electron chi connectivity index (χ0n) is 12.8. The van der Waals surface area contributed by atoms with Crippen molar-refractivity contribution in [2.45, 2.75) is 32.9 Å². The number of benzene rings is 1. The summed E-state index contributed by atoms with van der Waals surface area (Å²) in [5, 5.41) is 14.6. The van der Waals surface area contributed by atoms with Gasteiger partial charge in [-0.1, -0.05) is 37.3 Å². The second-order valence-electron chi connectivity index (χ2n) is 4.89. The van der Waals surface area contributed by atoms with Gasteiger partial charge in [-0.15, -0.1) is 0 Å². The lowest BCUT2D eigenvalue weighted by atomic mass is 10.1. The number of aliphatic hydroxyl groups excluding tert-OH is 1. The Balaban J connectivity index is 2.27. The highest BCUT2D eigenvalue weighted by atomic mass is 16.5. The molecule has 1 heterocycles. The molecular weight excluding hydrogens is 282 g/mol. The summed E-state index contributed by atoms with van der Waals surface area (Å²) in [5.41, 5.74) is 7.67. The molecule has 6 nitrogen and oxygen atoms in total. The Hall–Kier alpha value is -2.34. The van der Waals surface area contributed by atoms with Crippen molar-refractivity contribution in [2.75, 3.05) is 12.3 Å². The number of nitrogens with zero attached hydrogens (tertiary/aromatic N) is 2. The van der Waals surface area contributed by atoms with Crippen LogP contribution in [-0.2, 0) is 17.7 Å². The van der Waals surface area contributed by atoms with Crippen molar-refractivity contribution in [3.8, 4) is 0 Å². The van der Waals surface area contributed by atoms with Gasteiger partial charge in [0, 0.05) is 0 Å². The summed E-state index contributed by atoms with van der Waals surface area (Å²) in [5.74, 6) is -0.248. The summed E-state index contributed by atoms with van der Waals surface area (Å²) >= 11 is 0. The number of aromatic nitrogens is 2. The van der Waals surface area contributed by atoms with Crippen LogP contribution in [0.4, 0.5) is 5.82 Å². The highest BCUT2D eigenvalue weighted by molar-refractivity contribution is 5.95. The van der Waals surface area contributed by atoms with Gasteiger partial charge in [0.05, 0.1) is 24.9 Å². The molecule has 0 saturated carbocycles. The Morgan fingerprint density at radius 2 is 2.05 bits per heavy atom. The van der Waals surface area contributed by atoms with Gasteiger partial charge in [0.1, 0.15) is 11.4 Å². The fraction of sp³-hybridized carbons (Fsp3) is 0.375. The van der Waals surface area contributed by atoms with Crippen LogP contribution in [0.25, 0.3) is 0 Å². The molecule has 1 aromatic heterocycles. The van der Waals surface area contributed by atoms with Gasteiger partial charge in [0.15, 0.2) is 0 Å². The van der Waals surface area contributed by atoms with Crippen LogP contribution < -0.4 is 5.73 Å². The normalized spacial score (nSPS) is 12.1. The van der Waals surface area contributed by atoms with Crippen molar-refractivity contribution in [1.29, 1.82) is 0 Å². The van der Waals surface area contributed by atoms with E-state index in [1.807, 2.05) is 37.3 Å². The molecule has 0 aliphatic heterocycles. The van der Waals surface area contributed by atoms with E-state index in [1.54, 1.807) is 6.92 Å². The first-order valence-corrected chi connectivity index (χ1v) is 7.33. The number of esters is 1. The Morgan fingerprint density at radius 3 is 2.64 bits per heavy atom. The number of hydrogen-bond acceptors (Lipinski definition) is 5. The van der Waals surface area contributed by atoms with Crippen molar-refractivity contribution in [3.63, 3.8) is 0 Å². The minimum Gasteiger partial charge on any atom is -0.462 e. The molecule has 0 saturated heterocycles. The van der Waals surface area contributed by atoms with Crippen LogP contribution in [0, 0.1) is 0 Å². The summed E-state index contributed by atoms with van der Waals surface area (Å²) in [6, 6.07) is 9.25. The highest BCUT2D eigenvalue weighted by Crippen LogP contribution is 2.22. The van der Waals surface area contributed by atoms with Crippen LogP contribution in [0.3, 0.4) is 0 Å². The van der Waals surface area contributed by atoms with Gasteiger partial charge < -0.3 is 15.6 Å². The van der Waals surface area contributed by atoms with Crippen molar-refractivity contribution < 1.29 is 14.6 Å².